The lowest BCUT2D eigenvalue weighted by Gasteiger charge is -2.30. The van der Waals surface area contributed by atoms with Gasteiger partial charge in [0.1, 0.15) is 0 Å². The highest BCUT2D eigenvalue weighted by Gasteiger charge is 2.29. The van der Waals surface area contributed by atoms with Crippen LogP contribution < -0.4 is 5.32 Å². The smallest absolute Gasteiger partial charge is 0.251 e. The standard InChI is InChI=1S/C16H24N2O4S/c1-12(2)10-17-16(19)14-5-4-6-15(9-14)23(20,21)18-7-8-22-13(3)11-18/h4-6,9,12-13H,7-8,10-11H2,1-3H3,(H,17,19). The average Bonchev–Trinajstić information content (AvgIpc) is 2.52. The molecule has 0 aromatic heterocycles. The number of amides is 1. The van der Waals surface area contributed by atoms with Crippen LogP contribution in [0.25, 0.3) is 0 Å². The minimum Gasteiger partial charge on any atom is -0.376 e. The molecule has 128 valence electrons. The summed E-state index contributed by atoms with van der Waals surface area (Å²) < 4.78 is 32.2. The van der Waals surface area contributed by atoms with Crippen LogP contribution in [0.2, 0.25) is 0 Å². The highest BCUT2D eigenvalue weighted by molar-refractivity contribution is 7.89. The van der Waals surface area contributed by atoms with Crippen LogP contribution >= 0.6 is 0 Å². The van der Waals surface area contributed by atoms with Crippen molar-refractivity contribution in [3.8, 4) is 0 Å². The van der Waals surface area contributed by atoms with Crippen LogP contribution in [0, 0.1) is 5.92 Å². The molecule has 1 atom stereocenters. The van der Waals surface area contributed by atoms with Crippen molar-refractivity contribution in [3.05, 3.63) is 29.8 Å². The van der Waals surface area contributed by atoms with Gasteiger partial charge in [-0.2, -0.15) is 4.31 Å². The Morgan fingerprint density at radius 3 is 2.83 bits per heavy atom. The van der Waals surface area contributed by atoms with Gasteiger partial charge in [0.2, 0.25) is 10.0 Å². The Hall–Kier alpha value is -1.44. The Kier molecular flexibility index (Phi) is 5.78. The largest absolute Gasteiger partial charge is 0.376 e. The molecule has 1 fully saturated rings. The van der Waals surface area contributed by atoms with Crippen LogP contribution in [0.5, 0.6) is 0 Å². The zero-order chi connectivity index (χ0) is 17.0. The van der Waals surface area contributed by atoms with E-state index in [9.17, 15) is 13.2 Å². The van der Waals surface area contributed by atoms with Crippen LogP contribution in [0.4, 0.5) is 0 Å². The average molecular weight is 340 g/mol. The Labute approximate surface area is 137 Å². The summed E-state index contributed by atoms with van der Waals surface area (Å²) in [6.07, 6.45) is -0.129. The number of carbonyl (C=O) groups is 1. The fourth-order valence-corrected chi connectivity index (χ4v) is 3.90. The summed E-state index contributed by atoms with van der Waals surface area (Å²) in [7, 11) is -3.61. The van der Waals surface area contributed by atoms with Gasteiger partial charge in [0.05, 0.1) is 17.6 Å². The van der Waals surface area contributed by atoms with Crippen LogP contribution in [0.15, 0.2) is 29.2 Å². The summed E-state index contributed by atoms with van der Waals surface area (Å²) in [5, 5.41) is 2.80. The van der Waals surface area contributed by atoms with Crippen molar-refractivity contribution >= 4 is 15.9 Å². The summed E-state index contributed by atoms with van der Waals surface area (Å²) in [6.45, 7) is 7.44. The molecule has 1 unspecified atom stereocenters. The first kappa shape index (κ1) is 17.9. The van der Waals surface area contributed by atoms with E-state index in [-0.39, 0.29) is 16.9 Å². The number of ether oxygens (including phenoxy) is 1. The van der Waals surface area contributed by atoms with E-state index in [1.54, 1.807) is 12.1 Å². The Morgan fingerprint density at radius 2 is 2.17 bits per heavy atom. The van der Waals surface area contributed by atoms with E-state index < -0.39 is 10.0 Å². The van der Waals surface area contributed by atoms with E-state index in [1.807, 2.05) is 20.8 Å². The van der Waals surface area contributed by atoms with Gasteiger partial charge in [0, 0.05) is 25.2 Å². The number of hydrogen-bond donors (Lipinski definition) is 1. The summed E-state index contributed by atoms with van der Waals surface area (Å²) in [5.41, 5.74) is 0.355. The third kappa shape index (κ3) is 4.53. The molecule has 7 heteroatoms. The fourth-order valence-electron chi connectivity index (χ4n) is 2.35. The molecule has 1 aliphatic heterocycles. The highest BCUT2D eigenvalue weighted by Crippen LogP contribution is 2.19. The van der Waals surface area contributed by atoms with E-state index in [2.05, 4.69) is 5.32 Å². The number of rotatable bonds is 5. The van der Waals surface area contributed by atoms with E-state index >= 15 is 0 Å². The molecule has 0 saturated carbocycles. The van der Waals surface area contributed by atoms with Gasteiger partial charge < -0.3 is 10.1 Å². The maximum absolute atomic E-state index is 12.7. The lowest BCUT2D eigenvalue weighted by molar-refractivity contribution is 0.0102. The lowest BCUT2D eigenvalue weighted by atomic mass is 10.2. The number of sulfonamides is 1. The third-order valence-electron chi connectivity index (χ3n) is 3.61. The first-order valence-electron chi connectivity index (χ1n) is 7.80. The van der Waals surface area contributed by atoms with Gasteiger partial charge in [0.15, 0.2) is 0 Å². The van der Waals surface area contributed by atoms with Crippen molar-refractivity contribution in [2.75, 3.05) is 26.2 Å². The number of carbonyl (C=O) groups excluding carboxylic acids is 1. The van der Waals surface area contributed by atoms with Gasteiger partial charge in [-0.25, -0.2) is 8.42 Å². The van der Waals surface area contributed by atoms with Gasteiger partial charge >= 0.3 is 0 Å². The van der Waals surface area contributed by atoms with E-state index in [4.69, 9.17) is 4.74 Å². The lowest BCUT2D eigenvalue weighted by Crippen LogP contribution is -2.44. The van der Waals surface area contributed by atoms with Crippen molar-refractivity contribution in [2.45, 2.75) is 31.8 Å². The topological polar surface area (TPSA) is 75.7 Å². The van der Waals surface area contributed by atoms with E-state index in [0.717, 1.165) is 0 Å². The number of nitrogens with zero attached hydrogens (tertiary/aromatic N) is 1. The molecule has 1 amide bonds. The molecule has 1 heterocycles. The molecule has 0 radical (unpaired) electrons. The maximum atomic E-state index is 12.7. The second kappa shape index (κ2) is 7.42. The van der Waals surface area contributed by atoms with Gasteiger partial charge in [-0.1, -0.05) is 19.9 Å². The van der Waals surface area contributed by atoms with Crippen LogP contribution in [-0.4, -0.2) is 51.0 Å². The molecule has 0 bridgehead atoms. The normalized spacial score (nSPS) is 19.7. The maximum Gasteiger partial charge on any atom is 0.251 e. The first-order valence-corrected chi connectivity index (χ1v) is 9.24. The van der Waals surface area contributed by atoms with Crippen molar-refractivity contribution in [3.63, 3.8) is 0 Å². The summed E-state index contributed by atoms with van der Waals surface area (Å²) >= 11 is 0. The molecule has 2 rings (SSSR count). The molecule has 1 aliphatic rings. The van der Waals surface area contributed by atoms with Gasteiger partial charge in [-0.05, 0) is 31.0 Å². The second-order valence-electron chi connectivity index (χ2n) is 6.18. The SMILES string of the molecule is CC(C)CNC(=O)c1cccc(S(=O)(=O)N2CCOC(C)C2)c1. The fraction of sp³-hybridized carbons (Fsp3) is 0.562. The summed E-state index contributed by atoms with van der Waals surface area (Å²) in [6, 6.07) is 6.18. The van der Waals surface area contributed by atoms with Crippen molar-refractivity contribution in [1.82, 2.24) is 9.62 Å². The van der Waals surface area contributed by atoms with Crippen molar-refractivity contribution in [1.29, 1.82) is 0 Å². The zero-order valence-electron chi connectivity index (χ0n) is 13.8. The first-order chi connectivity index (χ1) is 10.8. The molecule has 1 aromatic carbocycles. The van der Waals surface area contributed by atoms with Crippen LogP contribution in [0.1, 0.15) is 31.1 Å². The Balaban J connectivity index is 2.19. The van der Waals surface area contributed by atoms with Crippen molar-refractivity contribution in [2.24, 2.45) is 5.92 Å². The number of morpholine rings is 1. The molecule has 6 nitrogen and oxygen atoms in total. The predicted octanol–water partition coefficient (Wildman–Crippen LogP) is 1.48. The van der Waals surface area contributed by atoms with Crippen LogP contribution in [0.3, 0.4) is 0 Å². The number of benzene rings is 1. The zero-order valence-corrected chi connectivity index (χ0v) is 14.6. The Bertz CT molecular complexity index is 658. The molecule has 0 aliphatic carbocycles. The van der Waals surface area contributed by atoms with Gasteiger partial charge in [0.25, 0.3) is 5.91 Å². The summed E-state index contributed by atoms with van der Waals surface area (Å²) in [5.74, 6) is 0.0757. The third-order valence-corrected chi connectivity index (χ3v) is 5.47. The van der Waals surface area contributed by atoms with Gasteiger partial charge in [-0.3, -0.25) is 4.79 Å². The van der Waals surface area contributed by atoms with Crippen LogP contribution in [-0.2, 0) is 14.8 Å². The number of hydrogen-bond acceptors (Lipinski definition) is 4. The minimum absolute atomic E-state index is 0.129. The molecular weight excluding hydrogens is 316 g/mol. The van der Waals surface area contributed by atoms with Gasteiger partial charge in [-0.15, -0.1) is 0 Å². The second-order valence-corrected chi connectivity index (χ2v) is 8.11. The minimum atomic E-state index is -3.61. The molecule has 1 aromatic rings. The molecule has 23 heavy (non-hydrogen) atoms. The summed E-state index contributed by atoms with van der Waals surface area (Å²) in [4.78, 5) is 12.3. The molecular formula is C16H24N2O4S. The molecule has 1 saturated heterocycles. The van der Waals surface area contributed by atoms with E-state index in [0.29, 0.717) is 37.7 Å². The quantitative estimate of drug-likeness (QED) is 0.881. The Morgan fingerprint density at radius 1 is 1.43 bits per heavy atom. The number of nitrogens with one attached hydrogen (secondary N) is 1. The van der Waals surface area contributed by atoms with Crippen molar-refractivity contribution < 1.29 is 17.9 Å². The van der Waals surface area contributed by atoms with E-state index in [1.165, 1.54) is 16.4 Å². The molecule has 1 N–H and O–H groups in total. The molecule has 0 spiro atoms. The monoisotopic (exact) mass is 340 g/mol. The highest BCUT2D eigenvalue weighted by atomic mass is 32.2. The predicted molar refractivity (Wildman–Crippen MR) is 87.8 cm³/mol.